The maximum Gasteiger partial charge on any atom is 0.304 e. The van der Waals surface area contributed by atoms with Crippen molar-refractivity contribution in [2.45, 2.75) is 0 Å². The maximum atomic E-state index is 12.7. The van der Waals surface area contributed by atoms with Crippen molar-refractivity contribution < 1.29 is 30.7 Å². The van der Waals surface area contributed by atoms with Gasteiger partial charge in [-0.15, -0.1) is 0 Å². The van der Waals surface area contributed by atoms with Crippen molar-refractivity contribution >= 4 is 65.3 Å². The third-order valence-corrected chi connectivity index (χ3v) is 15.2. The van der Waals surface area contributed by atoms with E-state index in [4.69, 9.17) is 9.97 Å². The number of hydrogen-bond acceptors (Lipinski definition) is 5. The molecule has 0 atom stereocenters. The van der Waals surface area contributed by atoms with Gasteiger partial charge in [0.1, 0.15) is 11.6 Å². The van der Waals surface area contributed by atoms with Gasteiger partial charge in [0.05, 0.1) is 10.6 Å². The minimum absolute atomic E-state index is 0. The molecule has 0 saturated carbocycles. The number of rotatable bonds is 9. The molecule has 48 heavy (non-hydrogen) atoms. The van der Waals surface area contributed by atoms with E-state index in [0.29, 0.717) is 22.3 Å². The average molecular weight is 839 g/mol. The van der Waals surface area contributed by atoms with Gasteiger partial charge < -0.3 is 9.59 Å². The van der Waals surface area contributed by atoms with E-state index < -0.39 is 16.6 Å². The van der Waals surface area contributed by atoms with Gasteiger partial charge in [-0.1, -0.05) is 152 Å². The van der Waals surface area contributed by atoms with E-state index in [9.17, 15) is 9.59 Å². The quantitative estimate of drug-likeness (QED) is 0.217. The Morgan fingerprint density at radius 1 is 0.354 bits per heavy atom. The van der Waals surface area contributed by atoms with Crippen LogP contribution in [-0.4, -0.2) is 36.2 Å². The van der Waals surface area contributed by atoms with Crippen LogP contribution in [0.3, 0.4) is 0 Å². The number of anilines is 3. The number of aromatic nitrogens is 2. The van der Waals surface area contributed by atoms with E-state index in [1.54, 1.807) is 0 Å². The number of hydrogen-bond donors (Lipinski definition) is 2. The molecule has 5 aromatic carbocycles. The summed E-state index contributed by atoms with van der Waals surface area (Å²) < 4.78 is 0. The first-order chi connectivity index (χ1) is 23.1. The number of nitrogens with zero attached hydrogens (tertiary/aromatic N) is 3. The van der Waals surface area contributed by atoms with Crippen molar-refractivity contribution in [3.05, 3.63) is 188 Å². The molecule has 2 heterocycles. The molecule has 0 saturated heterocycles. The van der Waals surface area contributed by atoms with Crippen LogP contribution in [0, 0.1) is 0 Å². The molecular formula is C40H33N3O2PtSi2. The third kappa shape index (κ3) is 6.27. The summed E-state index contributed by atoms with van der Waals surface area (Å²) >= 11 is 0. The normalized spacial score (nSPS) is 11.4. The molecule has 0 spiro atoms. The Morgan fingerprint density at radius 2 is 0.646 bits per heavy atom. The third-order valence-electron chi connectivity index (χ3n) is 8.45. The summed E-state index contributed by atoms with van der Waals surface area (Å²) in [6.45, 7) is 0. The molecule has 7 aromatic rings. The van der Waals surface area contributed by atoms with Crippen molar-refractivity contribution in [2.75, 3.05) is 4.90 Å². The first-order valence-corrected chi connectivity index (χ1v) is 19.4. The van der Waals surface area contributed by atoms with Crippen LogP contribution in [0.2, 0.25) is 0 Å². The number of pyridine rings is 2. The van der Waals surface area contributed by atoms with Gasteiger partial charge in [-0.05, 0) is 57.1 Å². The zero-order chi connectivity index (χ0) is 32.1. The SMILES string of the molecule is O[Si](c1ccccc1)(c1ccccc1)c1cccc(N(c2ccccc2)c2cccc([Si](O)(c3ccccc3)c3ccccc3)n2)n1.[Pt]. The van der Waals surface area contributed by atoms with E-state index in [1.807, 2.05) is 193 Å². The summed E-state index contributed by atoms with van der Waals surface area (Å²) in [5.41, 5.74) is 0.857. The molecule has 0 unspecified atom stereocenters. The van der Waals surface area contributed by atoms with E-state index in [-0.39, 0.29) is 21.1 Å². The number of benzene rings is 5. The van der Waals surface area contributed by atoms with Crippen molar-refractivity contribution in [3.8, 4) is 0 Å². The molecule has 8 heteroatoms. The zero-order valence-corrected chi connectivity index (χ0v) is 30.2. The van der Waals surface area contributed by atoms with E-state index in [0.717, 1.165) is 26.4 Å². The van der Waals surface area contributed by atoms with E-state index >= 15 is 0 Å². The van der Waals surface area contributed by atoms with Gasteiger partial charge in [0.25, 0.3) is 0 Å². The van der Waals surface area contributed by atoms with Gasteiger partial charge in [-0.3, -0.25) is 4.90 Å². The van der Waals surface area contributed by atoms with Crippen LogP contribution < -0.4 is 36.3 Å². The van der Waals surface area contributed by atoms with Crippen LogP contribution in [0.15, 0.2) is 188 Å². The monoisotopic (exact) mass is 838 g/mol. The van der Waals surface area contributed by atoms with Crippen molar-refractivity contribution in [1.29, 1.82) is 0 Å². The Hall–Kier alpha value is -4.76. The minimum Gasteiger partial charge on any atom is -0.420 e. The molecule has 0 amide bonds. The molecule has 5 nitrogen and oxygen atoms in total. The van der Waals surface area contributed by atoms with Crippen LogP contribution in [0.4, 0.5) is 17.3 Å². The second-order valence-electron chi connectivity index (χ2n) is 11.3. The molecule has 0 radical (unpaired) electrons. The Kier molecular flexibility index (Phi) is 10.1. The fourth-order valence-corrected chi connectivity index (χ4v) is 11.9. The predicted octanol–water partition coefficient (Wildman–Crippen LogP) is 3.86. The first kappa shape index (κ1) is 33.2. The van der Waals surface area contributed by atoms with Crippen LogP contribution in [0.1, 0.15) is 0 Å². The number of para-hydroxylation sites is 1. The molecule has 2 aromatic heterocycles. The Bertz CT molecular complexity index is 1860. The molecule has 7 rings (SSSR count). The standard InChI is InChI=1S/C40H33N3O2Si2.Pt/c44-46(33-20-8-2-9-21-33,34-22-10-3-11-23-34)39-30-16-28-37(41-39)43(32-18-6-1-7-19-32)38-29-17-31-40(42-38)47(45,35-24-12-4-13-25-35)36-26-14-5-15-27-36;/h1-31,44-45H;. The molecule has 0 fully saturated rings. The largest absolute Gasteiger partial charge is 0.420 e. The summed E-state index contributed by atoms with van der Waals surface area (Å²) in [6.07, 6.45) is 0. The zero-order valence-electron chi connectivity index (χ0n) is 26.0. The van der Waals surface area contributed by atoms with Gasteiger partial charge in [0.15, 0.2) is 0 Å². The Labute approximate surface area is 297 Å². The molecule has 238 valence electrons. The smallest absolute Gasteiger partial charge is 0.304 e. The van der Waals surface area contributed by atoms with E-state index in [1.165, 1.54) is 0 Å². The second kappa shape index (κ2) is 14.6. The molecule has 0 aliphatic heterocycles. The molecule has 0 bridgehead atoms. The van der Waals surface area contributed by atoms with Crippen LogP contribution in [0.25, 0.3) is 0 Å². The second-order valence-corrected chi connectivity index (χ2v) is 17.5. The molecule has 0 aliphatic carbocycles. The van der Waals surface area contributed by atoms with Crippen LogP contribution in [0.5, 0.6) is 0 Å². The van der Waals surface area contributed by atoms with Gasteiger partial charge in [0.2, 0.25) is 0 Å². The van der Waals surface area contributed by atoms with Crippen LogP contribution in [-0.2, 0) is 21.1 Å². The summed E-state index contributed by atoms with van der Waals surface area (Å²) in [6, 6.07) is 60.8. The van der Waals surface area contributed by atoms with Gasteiger partial charge in [-0.25, -0.2) is 9.97 Å². The Balaban J connectivity index is 0.00000401. The molecule has 0 aliphatic rings. The molecular weight excluding hydrogens is 806 g/mol. The van der Waals surface area contributed by atoms with Gasteiger partial charge >= 0.3 is 16.6 Å². The minimum atomic E-state index is -3.48. The summed E-state index contributed by atoms with van der Waals surface area (Å²) in [7, 11) is -6.95. The van der Waals surface area contributed by atoms with Crippen molar-refractivity contribution in [1.82, 2.24) is 9.97 Å². The predicted molar refractivity (Wildman–Crippen MR) is 196 cm³/mol. The van der Waals surface area contributed by atoms with Crippen molar-refractivity contribution in [3.63, 3.8) is 0 Å². The topological polar surface area (TPSA) is 69.5 Å². The first-order valence-electron chi connectivity index (χ1n) is 15.6. The fourth-order valence-electron chi connectivity index (χ4n) is 6.10. The van der Waals surface area contributed by atoms with Gasteiger partial charge in [0, 0.05) is 26.8 Å². The van der Waals surface area contributed by atoms with Crippen LogP contribution >= 0.6 is 0 Å². The average Bonchev–Trinajstić information content (AvgIpc) is 3.16. The fraction of sp³-hybridized carbons (Fsp3) is 0. The summed E-state index contributed by atoms with van der Waals surface area (Å²) in [4.78, 5) is 37.8. The maximum absolute atomic E-state index is 12.7. The summed E-state index contributed by atoms with van der Waals surface area (Å²) in [5, 5.41) is 4.63. The molecule has 2 N–H and O–H groups in total. The van der Waals surface area contributed by atoms with Gasteiger partial charge in [-0.2, -0.15) is 0 Å². The summed E-state index contributed by atoms with van der Waals surface area (Å²) in [5.74, 6) is 1.22. The Morgan fingerprint density at radius 3 is 0.958 bits per heavy atom. The van der Waals surface area contributed by atoms with Crippen molar-refractivity contribution in [2.24, 2.45) is 0 Å². The van der Waals surface area contributed by atoms with E-state index in [2.05, 4.69) is 0 Å².